The molecule has 0 saturated heterocycles. The van der Waals surface area contributed by atoms with Gasteiger partial charge in [-0.2, -0.15) is 0 Å². The molecule has 0 radical (unpaired) electrons. The van der Waals surface area contributed by atoms with Crippen LogP contribution in [-0.4, -0.2) is 6.10 Å². The third-order valence-electron chi connectivity index (χ3n) is 2.59. The predicted molar refractivity (Wildman–Crippen MR) is 75.7 cm³/mol. The highest BCUT2D eigenvalue weighted by atomic mass is 32.1. The standard InChI is InChI=1S/C14H18N2OS/c1-10(2)17-12-7-4-3-6-11(12)14(16-15)13-8-5-9-18-13/h3-10,14,16H,15H2,1-2H3. The number of nitrogens with one attached hydrogen (secondary N) is 1. The van der Waals surface area contributed by atoms with E-state index in [2.05, 4.69) is 11.5 Å². The van der Waals surface area contributed by atoms with Gasteiger partial charge in [-0.15, -0.1) is 11.3 Å². The number of rotatable bonds is 5. The second-order valence-electron chi connectivity index (χ2n) is 4.32. The van der Waals surface area contributed by atoms with Crippen molar-refractivity contribution in [2.45, 2.75) is 26.0 Å². The summed E-state index contributed by atoms with van der Waals surface area (Å²) in [6, 6.07) is 12.1. The van der Waals surface area contributed by atoms with E-state index in [9.17, 15) is 0 Å². The molecule has 3 nitrogen and oxygen atoms in total. The van der Waals surface area contributed by atoms with Crippen LogP contribution in [0.25, 0.3) is 0 Å². The summed E-state index contributed by atoms with van der Waals surface area (Å²) in [4.78, 5) is 1.18. The average Bonchev–Trinajstić information content (AvgIpc) is 2.85. The fourth-order valence-electron chi connectivity index (χ4n) is 1.86. The fraction of sp³-hybridized carbons (Fsp3) is 0.286. The van der Waals surface area contributed by atoms with Gasteiger partial charge in [-0.3, -0.25) is 5.84 Å². The molecule has 1 aromatic heterocycles. The molecule has 0 fully saturated rings. The zero-order valence-electron chi connectivity index (χ0n) is 10.6. The lowest BCUT2D eigenvalue weighted by atomic mass is 10.0. The lowest BCUT2D eigenvalue weighted by Crippen LogP contribution is -2.28. The van der Waals surface area contributed by atoms with Crippen LogP contribution in [0.1, 0.15) is 30.3 Å². The molecule has 0 bridgehead atoms. The molecule has 1 aromatic carbocycles. The summed E-state index contributed by atoms with van der Waals surface area (Å²) in [5.74, 6) is 6.58. The molecule has 1 atom stereocenters. The minimum atomic E-state index is -0.0278. The number of hydrogen-bond acceptors (Lipinski definition) is 4. The Balaban J connectivity index is 2.36. The van der Waals surface area contributed by atoms with Gasteiger partial charge in [-0.05, 0) is 31.4 Å². The van der Waals surface area contributed by atoms with Crippen LogP contribution in [0.4, 0.5) is 0 Å². The molecule has 1 heterocycles. The van der Waals surface area contributed by atoms with E-state index in [1.54, 1.807) is 11.3 Å². The minimum Gasteiger partial charge on any atom is -0.491 e. The van der Waals surface area contributed by atoms with E-state index in [0.717, 1.165) is 11.3 Å². The van der Waals surface area contributed by atoms with Gasteiger partial charge in [0.05, 0.1) is 12.1 Å². The molecule has 0 saturated carbocycles. The van der Waals surface area contributed by atoms with Crippen LogP contribution in [0.2, 0.25) is 0 Å². The van der Waals surface area contributed by atoms with Gasteiger partial charge < -0.3 is 4.74 Å². The number of nitrogens with two attached hydrogens (primary N) is 1. The van der Waals surface area contributed by atoms with E-state index >= 15 is 0 Å². The number of para-hydroxylation sites is 1. The first-order valence-electron chi connectivity index (χ1n) is 5.97. The van der Waals surface area contributed by atoms with Crippen LogP contribution >= 0.6 is 11.3 Å². The van der Waals surface area contributed by atoms with E-state index in [-0.39, 0.29) is 12.1 Å². The molecule has 1 unspecified atom stereocenters. The lowest BCUT2D eigenvalue weighted by Gasteiger charge is -2.20. The number of benzene rings is 1. The molecule has 0 amide bonds. The lowest BCUT2D eigenvalue weighted by molar-refractivity contribution is 0.238. The monoisotopic (exact) mass is 262 g/mol. The SMILES string of the molecule is CC(C)Oc1ccccc1C(NN)c1cccs1. The number of hydrogen-bond donors (Lipinski definition) is 2. The van der Waals surface area contributed by atoms with Gasteiger partial charge in [0, 0.05) is 10.4 Å². The largest absolute Gasteiger partial charge is 0.491 e. The van der Waals surface area contributed by atoms with E-state index in [4.69, 9.17) is 10.6 Å². The van der Waals surface area contributed by atoms with E-state index in [0.29, 0.717) is 0 Å². The molecule has 2 aromatic rings. The Morgan fingerprint density at radius 1 is 1.17 bits per heavy atom. The predicted octanol–water partition coefficient (Wildman–Crippen LogP) is 3.09. The maximum atomic E-state index is 5.84. The molecule has 0 aliphatic heterocycles. The summed E-state index contributed by atoms with van der Waals surface area (Å²) in [7, 11) is 0. The minimum absolute atomic E-state index is 0.0278. The zero-order chi connectivity index (χ0) is 13.0. The number of thiophene rings is 1. The van der Waals surface area contributed by atoms with Gasteiger partial charge in [-0.1, -0.05) is 24.3 Å². The Kier molecular flexibility index (Phi) is 4.36. The van der Waals surface area contributed by atoms with Gasteiger partial charge in [0.25, 0.3) is 0 Å². The van der Waals surface area contributed by atoms with Crippen LogP contribution in [0.5, 0.6) is 5.75 Å². The van der Waals surface area contributed by atoms with Crippen molar-refractivity contribution in [2.75, 3.05) is 0 Å². The molecular formula is C14H18N2OS. The van der Waals surface area contributed by atoms with Crippen molar-refractivity contribution in [1.82, 2.24) is 5.43 Å². The molecule has 2 rings (SSSR count). The van der Waals surface area contributed by atoms with E-state index in [1.165, 1.54) is 4.88 Å². The smallest absolute Gasteiger partial charge is 0.124 e. The quantitative estimate of drug-likeness (QED) is 0.643. The molecule has 0 aliphatic rings. The molecule has 0 spiro atoms. The van der Waals surface area contributed by atoms with Gasteiger partial charge in [0.2, 0.25) is 0 Å². The Bertz CT molecular complexity index is 482. The summed E-state index contributed by atoms with van der Waals surface area (Å²) < 4.78 is 5.84. The van der Waals surface area contributed by atoms with E-state index in [1.807, 2.05) is 49.6 Å². The topological polar surface area (TPSA) is 47.3 Å². The molecular weight excluding hydrogens is 244 g/mol. The molecule has 4 heteroatoms. The molecule has 96 valence electrons. The Morgan fingerprint density at radius 2 is 1.94 bits per heavy atom. The van der Waals surface area contributed by atoms with Crippen molar-refractivity contribution in [3.8, 4) is 5.75 Å². The second kappa shape index (κ2) is 6.00. The van der Waals surface area contributed by atoms with Crippen LogP contribution < -0.4 is 16.0 Å². The summed E-state index contributed by atoms with van der Waals surface area (Å²) >= 11 is 1.68. The van der Waals surface area contributed by atoms with Crippen molar-refractivity contribution >= 4 is 11.3 Å². The van der Waals surface area contributed by atoms with Gasteiger partial charge in [0.15, 0.2) is 0 Å². The Hall–Kier alpha value is -1.36. The van der Waals surface area contributed by atoms with Crippen molar-refractivity contribution in [3.63, 3.8) is 0 Å². The number of ether oxygens (including phenoxy) is 1. The first-order valence-corrected chi connectivity index (χ1v) is 6.85. The first kappa shape index (κ1) is 13.1. The maximum absolute atomic E-state index is 5.84. The van der Waals surface area contributed by atoms with Crippen molar-refractivity contribution in [2.24, 2.45) is 5.84 Å². The van der Waals surface area contributed by atoms with Crippen molar-refractivity contribution < 1.29 is 4.74 Å². The second-order valence-corrected chi connectivity index (χ2v) is 5.30. The zero-order valence-corrected chi connectivity index (χ0v) is 11.4. The van der Waals surface area contributed by atoms with Gasteiger partial charge >= 0.3 is 0 Å². The third-order valence-corrected chi connectivity index (χ3v) is 3.52. The Labute approximate surface area is 112 Å². The van der Waals surface area contributed by atoms with E-state index < -0.39 is 0 Å². The van der Waals surface area contributed by atoms with Crippen LogP contribution in [0, 0.1) is 0 Å². The number of hydrazine groups is 1. The maximum Gasteiger partial charge on any atom is 0.124 e. The van der Waals surface area contributed by atoms with Gasteiger partial charge in [-0.25, -0.2) is 5.43 Å². The molecule has 3 N–H and O–H groups in total. The summed E-state index contributed by atoms with van der Waals surface area (Å²) in [5.41, 5.74) is 3.93. The Morgan fingerprint density at radius 3 is 2.56 bits per heavy atom. The first-order chi connectivity index (χ1) is 8.72. The molecule has 0 aliphatic carbocycles. The molecule has 18 heavy (non-hydrogen) atoms. The van der Waals surface area contributed by atoms with Crippen molar-refractivity contribution in [3.05, 3.63) is 52.2 Å². The normalized spacial score (nSPS) is 12.7. The van der Waals surface area contributed by atoms with Crippen LogP contribution in [-0.2, 0) is 0 Å². The average molecular weight is 262 g/mol. The highest BCUT2D eigenvalue weighted by Crippen LogP contribution is 2.32. The van der Waals surface area contributed by atoms with Crippen LogP contribution in [0.3, 0.4) is 0 Å². The fourth-order valence-corrected chi connectivity index (χ4v) is 2.66. The van der Waals surface area contributed by atoms with Gasteiger partial charge in [0.1, 0.15) is 5.75 Å². The van der Waals surface area contributed by atoms with Crippen LogP contribution in [0.15, 0.2) is 41.8 Å². The van der Waals surface area contributed by atoms with Crippen molar-refractivity contribution in [1.29, 1.82) is 0 Å². The summed E-state index contributed by atoms with van der Waals surface area (Å²) in [6.45, 7) is 4.04. The highest BCUT2D eigenvalue weighted by molar-refractivity contribution is 7.10. The highest BCUT2D eigenvalue weighted by Gasteiger charge is 2.18. The summed E-state index contributed by atoms with van der Waals surface area (Å²) in [5, 5.41) is 2.05. The summed E-state index contributed by atoms with van der Waals surface area (Å²) in [6.07, 6.45) is 0.146. The third kappa shape index (κ3) is 2.90.